The monoisotopic (exact) mass is 373 g/mol. The Hall–Kier alpha value is -2.05. The first-order valence-corrected chi connectivity index (χ1v) is 10.5. The summed E-state index contributed by atoms with van der Waals surface area (Å²) in [6.07, 6.45) is 2.98. The quantitative estimate of drug-likeness (QED) is 0.841. The van der Waals surface area contributed by atoms with Crippen LogP contribution < -0.4 is 10.2 Å². The van der Waals surface area contributed by atoms with Gasteiger partial charge in [0.2, 0.25) is 10.0 Å². The van der Waals surface area contributed by atoms with E-state index in [1.807, 2.05) is 43.3 Å². The van der Waals surface area contributed by atoms with Crippen molar-refractivity contribution in [1.82, 2.24) is 4.31 Å². The molecule has 140 valence electrons. The molecule has 1 aliphatic heterocycles. The summed E-state index contributed by atoms with van der Waals surface area (Å²) < 4.78 is 27.6. The van der Waals surface area contributed by atoms with Crippen LogP contribution in [-0.4, -0.2) is 39.9 Å². The fourth-order valence-electron chi connectivity index (χ4n) is 3.25. The second-order valence-corrected chi connectivity index (χ2v) is 8.82. The Morgan fingerprint density at radius 3 is 2.35 bits per heavy atom. The van der Waals surface area contributed by atoms with E-state index < -0.39 is 10.0 Å². The molecule has 0 amide bonds. The summed E-state index contributed by atoms with van der Waals surface area (Å²) in [6, 6.07) is 15.5. The number of nitrogens with zero attached hydrogens (tertiary/aromatic N) is 2. The SMILES string of the molecule is CN(C)c1ccc(S(=O)(=O)N2CCCCC2)cc1NCc1ccccc1. The molecular weight excluding hydrogens is 346 g/mol. The molecule has 0 spiro atoms. The molecule has 26 heavy (non-hydrogen) atoms. The average Bonchev–Trinajstić information content (AvgIpc) is 2.67. The van der Waals surface area contributed by atoms with Crippen LogP contribution in [0, 0.1) is 0 Å². The van der Waals surface area contributed by atoms with Gasteiger partial charge in [0.25, 0.3) is 0 Å². The summed E-state index contributed by atoms with van der Waals surface area (Å²) in [4.78, 5) is 2.35. The van der Waals surface area contributed by atoms with Crippen LogP contribution in [0.2, 0.25) is 0 Å². The van der Waals surface area contributed by atoms with Gasteiger partial charge in [-0.05, 0) is 36.6 Å². The van der Waals surface area contributed by atoms with Crippen molar-refractivity contribution in [3.05, 3.63) is 54.1 Å². The molecule has 0 aliphatic carbocycles. The van der Waals surface area contributed by atoms with E-state index in [0.29, 0.717) is 24.5 Å². The number of benzene rings is 2. The van der Waals surface area contributed by atoms with Crippen molar-refractivity contribution in [3.63, 3.8) is 0 Å². The molecular formula is C20H27N3O2S. The fourth-order valence-corrected chi connectivity index (χ4v) is 4.80. The van der Waals surface area contributed by atoms with Crippen molar-refractivity contribution >= 4 is 21.4 Å². The van der Waals surface area contributed by atoms with Crippen LogP contribution in [0.15, 0.2) is 53.4 Å². The lowest BCUT2D eigenvalue weighted by Gasteiger charge is -2.27. The summed E-state index contributed by atoms with van der Waals surface area (Å²) in [5.41, 5.74) is 2.96. The van der Waals surface area contributed by atoms with Crippen molar-refractivity contribution in [1.29, 1.82) is 0 Å². The van der Waals surface area contributed by atoms with Crippen molar-refractivity contribution in [2.24, 2.45) is 0 Å². The minimum absolute atomic E-state index is 0.362. The van der Waals surface area contributed by atoms with Crippen molar-refractivity contribution in [2.75, 3.05) is 37.4 Å². The van der Waals surface area contributed by atoms with Crippen LogP contribution in [0.3, 0.4) is 0 Å². The Labute approximate surface area is 156 Å². The molecule has 0 atom stereocenters. The van der Waals surface area contributed by atoms with Gasteiger partial charge in [-0.2, -0.15) is 4.31 Å². The van der Waals surface area contributed by atoms with Crippen LogP contribution in [0.5, 0.6) is 0 Å². The van der Waals surface area contributed by atoms with Crippen LogP contribution in [0.25, 0.3) is 0 Å². The molecule has 1 fully saturated rings. The normalized spacial score (nSPS) is 15.6. The highest BCUT2D eigenvalue weighted by Crippen LogP contribution is 2.30. The number of anilines is 2. The topological polar surface area (TPSA) is 52.7 Å². The first-order valence-electron chi connectivity index (χ1n) is 9.08. The Bertz CT molecular complexity index is 829. The van der Waals surface area contributed by atoms with E-state index >= 15 is 0 Å². The zero-order valence-corrected chi connectivity index (χ0v) is 16.3. The van der Waals surface area contributed by atoms with Gasteiger partial charge < -0.3 is 10.2 Å². The molecule has 1 N–H and O–H groups in total. The number of piperidine rings is 1. The van der Waals surface area contributed by atoms with Crippen LogP contribution in [0.4, 0.5) is 11.4 Å². The van der Waals surface area contributed by atoms with E-state index in [1.165, 1.54) is 0 Å². The molecule has 0 aromatic heterocycles. The molecule has 3 rings (SSSR count). The predicted octanol–water partition coefficient (Wildman–Crippen LogP) is 3.54. The maximum Gasteiger partial charge on any atom is 0.243 e. The van der Waals surface area contributed by atoms with E-state index in [0.717, 1.165) is 36.2 Å². The third kappa shape index (κ3) is 4.19. The van der Waals surface area contributed by atoms with Crippen molar-refractivity contribution < 1.29 is 8.42 Å². The Balaban J connectivity index is 1.88. The fraction of sp³-hybridized carbons (Fsp3) is 0.400. The van der Waals surface area contributed by atoms with Gasteiger partial charge in [-0.1, -0.05) is 36.8 Å². The van der Waals surface area contributed by atoms with Gasteiger partial charge in [0, 0.05) is 33.7 Å². The minimum atomic E-state index is -3.44. The van der Waals surface area contributed by atoms with Gasteiger partial charge >= 0.3 is 0 Å². The molecule has 0 unspecified atom stereocenters. The number of sulfonamides is 1. The Morgan fingerprint density at radius 1 is 1.00 bits per heavy atom. The molecule has 0 bridgehead atoms. The first kappa shape index (κ1) is 18.7. The minimum Gasteiger partial charge on any atom is -0.379 e. The number of hydrogen-bond acceptors (Lipinski definition) is 4. The van der Waals surface area contributed by atoms with Crippen LogP contribution in [0.1, 0.15) is 24.8 Å². The molecule has 6 heteroatoms. The lowest BCUT2D eigenvalue weighted by atomic mass is 10.2. The summed E-state index contributed by atoms with van der Waals surface area (Å²) >= 11 is 0. The number of rotatable bonds is 6. The zero-order valence-electron chi connectivity index (χ0n) is 15.5. The van der Waals surface area contributed by atoms with Gasteiger partial charge in [0.05, 0.1) is 16.3 Å². The molecule has 1 heterocycles. The van der Waals surface area contributed by atoms with Gasteiger partial charge in [0.15, 0.2) is 0 Å². The molecule has 0 saturated carbocycles. The zero-order chi connectivity index (χ0) is 18.6. The highest BCUT2D eigenvalue weighted by Gasteiger charge is 2.26. The van der Waals surface area contributed by atoms with E-state index in [-0.39, 0.29) is 0 Å². The third-order valence-corrected chi connectivity index (χ3v) is 6.62. The molecule has 1 saturated heterocycles. The second-order valence-electron chi connectivity index (χ2n) is 6.88. The lowest BCUT2D eigenvalue weighted by molar-refractivity contribution is 0.346. The standard InChI is InChI=1S/C20H27N3O2S/c1-22(2)20-12-11-18(26(24,25)23-13-7-4-8-14-23)15-19(20)21-16-17-9-5-3-6-10-17/h3,5-6,9-12,15,21H,4,7-8,13-14,16H2,1-2H3. The number of nitrogens with one attached hydrogen (secondary N) is 1. The van der Waals surface area contributed by atoms with Gasteiger partial charge in [0.1, 0.15) is 0 Å². The van der Waals surface area contributed by atoms with Crippen LogP contribution >= 0.6 is 0 Å². The van der Waals surface area contributed by atoms with Gasteiger partial charge in [-0.25, -0.2) is 8.42 Å². The second kappa shape index (κ2) is 8.10. The average molecular weight is 374 g/mol. The molecule has 2 aromatic carbocycles. The Kier molecular flexibility index (Phi) is 5.84. The summed E-state index contributed by atoms with van der Waals surface area (Å²) in [6.45, 7) is 1.88. The highest BCUT2D eigenvalue weighted by atomic mass is 32.2. The van der Waals surface area contributed by atoms with Crippen LogP contribution in [-0.2, 0) is 16.6 Å². The van der Waals surface area contributed by atoms with Gasteiger partial charge in [-0.15, -0.1) is 0 Å². The first-order chi connectivity index (χ1) is 12.5. The van der Waals surface area contributed by atoms with Crippen molar-refractivity contribution in [2.45, 2.75) is 30.7 Å². The largest absolute Gasteiger partial charge is 0.379 e. The molecule has 0 radical (unpaired) electrons. The maximum atomic E-state index is 13.0. The lowest BCUT2D eigenvalue weighted by Crippen LogP contribution is -2.35. The number of hydrogen-bond donors (Lipinski definition) is 1. The van der Waals surface area contributed by atoms with E-state index in [4.69, 9.17) is 0 Å². The highest BCUT2D eigenvalue weighted by molar-refractivity contribution is 7.89. The summed E-state index contributed by atoms with van der Waals surface area (Å²) in [5.74, 6) is 0. The molecule has 5 nitrogen and oxygen atoms in total. The van der Waals surface area contributed by atoms with E-state index in [1.54, 1.807) is 16.4 Å². The molecule has 1 aliphatic rings. The van der Waals surface area contributed by atoms with E-state index in [9.17, 15) is 8.42 Å². The predicted molar refractivity (Wildman–Crippen MR) is 107 cm³/mol. The summed E-state index contributed by atoms with van der Waals surface area (Å²) in [5, 5.41) is 3.40. The smallest absolute Gasteiger partial charge is 0.243 e. The summed E-state index contributed by atoms with van der Waals surface area (Å²) in [7, 11) is 0.485. The van der Waals surface area contributed by atoms with E-state index in [2.05, 4.69) is 17.4 Å². The van der Waals surface area contributed by atoms with Crippen molar-refractivity contribution in [3.8, 4) is 0 Å². The van der Waals surface area contributed by atoms with Gasteiger partial charge in [-0.3, -0.25) is 0 Å². The molecule has 2 aromatic rings. The maximum absolute atomic E-state index is 13.0. The Morgan fingerprint density at radius 2 is 1.69 bits per heavy atom. The third-order valence-electron chi connectivity index (χ3n) is 4.73.